The molecule has 3 fully saturated rings. The van der Waals surface area contributed by atoms with Gasteiger partial charge in [-0.2, -0.15) is 0 Å². The molecule has 9 atom stereocenters. The first-order chi connectivity index (χ1) is 15.4. The number of aliphatic hydroxyl groups excluding tert-OH is 2. The van der Waals surface area contributed by atoms with Crippen LogP contribution in [0.15, 0.2) is 23.3 Å². The van der Waals surface area contributed by atoms with Gasteiger partial charge in [-0.05, 0) is 67.4 Å². The summed E-state index contributed by atoms with van der Waals surface area (Å²) >= 11 is 0. The molecular weight excluding hydrogens is 422 g/mol. The van der Waals surface area contributed by atoms with Crippen molar-refractivity contribution in [3.05, 3.63) is 23.3 Å². The van der Waals surface area contributed by atoms with Crippen LogP contribution in [0.2, 0.25) is 0 Å². The van der Waals surface area contributed by atoms with Crippen molar-refractivity contribution in [3.63, 3.8) is 0 Å². The quantitative estimate of drug-likeness (QED) is 0.548. The molecule has 2 bridgehead atoms. The normalized spacial score (nSPS) is 47.7. The zero-order chi connectivity index (χ0) is 24.1. The first kappa shape index (κ1) is 23.1. The first-order valence-electron chi connectivity index (χ1n) is 12.4. The molecule has 1 heterocycles. The average molecular weight is 460 g/mol. The summed E-state index contributed by atoms with van der Waals surface area (Å²) in [6, 6.07) is 0.0379. The molecule has 5 rings (SSSR count). The predicted molar refractivity (Wildman–Crippen MR) is 121 cm³/mol. The largest absolute Gasteiger partial charge is 0.438 e. The number of allylic oxidation sites excluding steroid dienone is 1. The molecule has 7 nitrogen and oxygen atoms in total. The Labute approximate surface area is 195 Å². The Balaban J connectivity index is 1.62. The van der Waals surface area contributed by atoms with Gasteiger partial charge < -0.3 is 25.0 Å². The Morgan fingerprint density at radius 3 is 2.61 bits per heavy atom. The number of likely N-dealkylation sites (tertiary alicyclic amines) is 1. The molecule has 0 radical (unpaired) electrons. The summed E-state index contributed by atoms with van der Waals surface area (Å²) in [5.41, 5.74) is -2.68. The van der Waals surface area contributed by atoms with E-state index in [1.54, 1.807) is 24.0 Å². The summed E-state index contributed by atoms with van der Waals surface area (Å²) in [5, 5.41) is 34.1. The summed E-state index contributed by atoms with van der Waals surface area (Å²) in [5.74, 6) is -0.482. The van der Waals surface area contributed by atoms with Gasteiger partial charge in [-0.3, -0.25) is 4.79 Å². The smallest absolute Gasteiger partial charge is 0.410 e. The van der Waals surface area contributed by atoms with Crippen LogP contribution in [0.3, 0.4) is 0 Å². The Morgan fingerprint density at radius 1 is 1.30 bits per heavy atom. The van der Waals surface area contributed by atoms with Crippen LogP contribution in [0.25, 0.3) is 0 Å². The van der Waals surface area contributed by atoms with Gasteiger partial charge in [0, 0.05) is 18.5 Å². The van der Waals surface area contributed by atoms with Crippen molar-refractivity contribution < 1.29 is 29.6 Å². The number of hydrogen-bond donors (Lipinski definition) is 3. The first-order valence-corrected chi connectivity index (χ1v) is 12.4. The van der Waals surface area contributed by atoms with Crippen molar-refractivity contribution in [2.24, 2.45) is 34.5 Å². The minimum Gasteiger partial charge on any atom is -0.438 e. The number of carbonyl (C=O) groups excluding carboxylic acids is 2. The predicted octanol–water partition coefficient (Wildman–Crippen LogP) is 2.44. The number of hydrogen-bond acceptors (Lipinski definition) is 6. The molecule has 5 aliphatic rings. The molecule has 1 spiro atoms. The van der Waals surface area contributed by atoms with Crippen LogP contribution in [-0.2, 0) is 9.53 Å². The number of nitrogens with zero attached hydrogens (tertiary/aromatic N) is 1. The second-order valence-corrected chi connectivity index (χ2v) is 11.8. The fourth-order valence-corrected chi connectivity index (χ4v) is 7.97. The van der Waals surface area contributed by atoms with E-state index < -0.39 is 41.8 Å². The van der Waals surface area contributed by atoms with Gasteiger partial charge in [-0.1, -0.05) is 32.9 Å². The molecular formula is C26H37NO6. The molecule has 182 valence electrons. The average Bonchev–Trinajstić information content (AvgIpc) is 3.02. The molecule has 2 saturated carbocycles. The molecule has 1 aliphatic heterocycles. The third-order valence-electron chi connectivity index (χ3n) is 9.90. The van der Waals surface area contributed by atoms with E-state index in [2.05, 4.69) is 13.8 Å². The van der Waals surface area contributed by atoms with Gasteiger partial charge in [0.1, 0.15) is 6.10 Å². The highest BCUT2D eigenvalue weighted by Crippen LogP contribution is 2.71. The second-order valence-electron chi connectivity index (χ2n) is 11.8. The highest BCUT2D eigenvalue weighted by molar-refractivity contribution is 5.95. The number of carbonyl (C=O) groups is 2. The Bertz CT molecular complexity index is 954. The Kier molecular flexibility index (Phi) is 5.00. The van der Waals surface area contributed by atoms with Crippen molar-refractivity contribution >= 4 is 11.9 Å². The van der Waals surface area contributed by atoms with Crippen LogP contribution in [0.4, 0.5) is 4.79 Å². The Morgan fingerprint density at radius 2 is 2.00 bits per heavy atom. The number of ether oxygens (including phenoxy) is 1. The van der Waals surface area contributed by atoms with Gasteiger partial charge in [-0.15, -0.1) is 0 Å². The van der Waals surface area contributed by atoms with Crippen LogP contribution in [0, 0.1) is 34.5 Å². The van der Waals surface area contributed by atoms with Gasteiger partial charge in [0.2, 0.25) is 0 Å². The number of aliphatic hydroxyl groups is 3. The summed E-state index contributed by atoms with van der Waals surface area (Å²) in [4.78, 5) is 29.0. The van der Waals surface area contributed by atoms with Crippen molar-refractivity contribution in [3.8, 4) is 0 Å². The molecule has 0 aromatic rings. The molecule has 0 aromatic heterocycles. The third-order valence-corrected chi connectivity index (χ3v) is 9.90. The van der Waals surface area contributed by atoms with E-state index in [0.717, 1.165) is 19.3 Å². The molecule has 1 saturated heterocycles. The number of rotatable bonds is 2. The van der Waals surface area contributed by atoms with Gasteiger partial charge >= 0.3 is 6.09 Å². The fourth-order valence-electron chi connectivity index (χ4n) is 7.97. The number of Topliss-reactive ketones (excluding diaryl/α,β-unsaturated/α-hetero) is 1. The molecule has 33 heavy (non-hydrogen) atoms. The Hall–Kier alpha value is -1.70. The van der Waals surface area contributed by atoms with Crippen molar-refractivity contribution in [1.29, 1.82) is 0 Å². The fraction of sp³-hybridized carbons (Fsp3) is 0.769. The van der Waals surface area contributed by atoms with E-state index in [1.807, 2.05) is 13.8 Å². The maximum atomic E-state index is 14.3. The van der Waals surface area contributed by atoms with E-state index in [-0.39, 0.29) is 34.6 Å². The lowest BCUT2D eigenvalue weighted by molar-refractivity contribution is -0.191. The molecule has 1 unspecified atom stereocenters. The monoisotopic (exact) mass is 459 g/mol. The van der Waals surface area contributed by atoms with E-state index in [4.69, 9.17) is 4.74 Å². The van der Waals surface area contributed by atoms with Gasteiger partial charge in [-0.25, -0.2) is 4.79 Å². The lowest BCUT2D eigenvalue weighted by Crippen LogP contribution is -2.66. The lowest BCUT2D eigenvalue weighted by Gasteiger charge is -2.49. The standard InChI is InChI=1S/C26H37NO6/c1-13-11-25-14(2)9-18-19(24(18,4)5)17(21(25)30)10-16(12-28)20(29)26(25,32)22(13)33-23(31)27-8-6-7-15(27)3/h10-11,14-15,17-20,22,28-29,32H,6-9,12H2,1-5H3/t14-,15?,17+,18-,19-,20-,22+,25+,26+/m1/s1. The number of fused-ring (bicyclic) bond motifs is 3. The van der Waals surface area contributed by atoms with Crippen LogP contribution in [0.1, 0.15) is 53.9 Å². The van der Waals surface area contributed by atoms with Crippen molar-refractivity contribution in [2.45, 2.75) is 77.7 Å². The molecule has 3 N–H and O–H groups in total. The van der Waals surface area contributed by atoms with Crippen LogP contribution < -0.4 is 0 Å². The van der Waals surface area contributed by atoms with Crippen LogP contribution in [0.5, 0.6) is 0 Å². The summed E-state index contributed by atoms with van der Waals surface area (Å²) in [6.45, 7) is 10.1. The summed E-state index contributed by atoms with van der Waals surface area (Å²) in [6.07, 6.45) is 2.75. The van der Waals surface area contributed by atoms with E-state index in [0.29, 0.717) is 18.0 Å². The molecule has 4 aliphatic carbocycles. The van der Waals surface area contributed by atoms with Gasteiger partial charge in [0.05, 0.1) is 12.0 Å². The van der Waals surface area contributed by atoms with Crippen LogP contribution in [-0.4, -0.2) is 69.1 Å². The zero-order valence-corrected chi connectivity index (χ0v) is 20.2. The molecule has 7 heteroatoms. The maximum Gasteiger partial charge on any atom is 0.410 e. The summed E-state index contributed by atoms with van der Waals surface area (Å²) in [7, 11) is 0. The highest BCUT2D eigenvalue weighted by atomic mass is 16.6. The minimum absolute atomic E-state index is 0.0181. The number of amides is 1. The maximum absolute atomic E-state index is 14.3. The number of ketones is 1. The third kappa shape index (κ3) is 2.73. The minimum atomic E-state index is -2.07. The summed E-state index contributed by atoms with van der Waals surface area (Å²) < 4.78 is 5.92. The van der Waals surface area contributed by atoms with E-state index in [9.17, 15) is 24.9 Å². The van der Waals surface area contributed by atoms with E-state index in [1.165, 1.54) is 0 Å². The highest BCUT2D eigenvalue weighted by Gasteiger charge is 2.76. The molecule has 0 aromatic carbocycles. The van der Waals surface area contributed by atoms with Gasteiger partial charge in [0.25, 0.3) is 0 Å². The lowest BCUT2D eigenvalue weighted by atomic mass is 9.59. The SMILES string of the molecule is CC1=C[C@]23C(=O)[C@@H](C=C(CO)[C@@H](O)[C@]2(O)[C@H]1OC(=O)N1CCCC1C)[C@@H]1[C@@H](C[C@H]3C)C1(C)C. The van der Waals surface area contributed by atoms with Gasteiger partial charge in [0.15, 0.2) is 17.5 Å². The van der Waals surface area contributed by atoms with Crippen molar-refractivity contribution in [1.82, 2.24) is 4.90 Å². The van der Waals surface area contributed by atoms with Crippen LogP contribution >= 0.6 is 0 Å². The molecule has 1 amide bonds. The second kappa shape index (κ2) is 7.15. The van der Waals surface area contributed by atoms with Crippen molar-refractivity contribution in [2.75, 3.05) is 13.2 Å². The zero-order valence-electron chi connectivity index (χ0n) is 20.2. The van der Waals surface area contributed by atoms with E-state index >= 15 is 0 Å². The topological polar surface area (TPSA) is 107 Å².